The molecule has 0 aromatic heterocycles. The van der Waals surface area contributed by atoms with Gasteiger partial charge in [-0.1, -0.05) is 13.3 Å². The average molecular weight is 289 g/mol. The molecule has 0 spiro atoms. The molecular formula is C15H31NO4. The van der Waals surface area contributed by atoms with Gasteiger partial charge in [0.25, 0.3) is 0 Å². The highest BCUT2D eigenvalue weighted by Gasteiger charge is 2.28. The molecule has 0 unspecified atom stereocenters. The van der Waals surface area contributed by atoms with E-state index in [4.69, 9.17) is 24.7 Å². The van der Waals surface area contributed by atoms with Gasteiger partial charge in [-0.05, 0) is 31.7 Å². The zero-order chi connectivity index (χ0) is 14.5. The van der Waals surface area contributed by atoms with Gasteiger partial charge in [-0.2, -0.15) is 0 Å². The Morgan fingerprint density at radius 3 is 1.95 bits per heavy atom. The maximum atomic E-state index is 5.65. The normalized spacial score (nSPS) is 21.9. The highest BCUT2D eigenvalue weighted by molar-refractivity contribution is 4.80. The maximum Gasteiger partial charge on any atom is 0.0704 e. The van der Waals surface area contributed by atoms with E-state index in [1.165, 1.54) is 6.42 Å². The van der Waals surface area contributed by atoms with Crippen LogP contribution in [0.3, 0.4) is 0 Å². The van der Waals surface area contributed by atoms with E-state index in [-0.39, 0.29) is 0 Å². The summed E-state index contributed by atoms with van der Waals surface area (Å²) < 4.78 is 21.9. The third-order valence-corrected chi connectivity index (χ3v) is 3.49. The van der Waals surface area contributed by atoms with Gasteiger partial charge in [0.2, 0.25) is 0 Å². The van der Waals surface area contributed by atoms with Crippen LogP contribution in [0.5, 0.6) is 0 Å². The standard InChI is InChI=1S/C15H31NO4/c1-2-3-4-17-5-6-18-7-8-19-9-10-20-15-11-14(12-15)13-16/h14-15H,2-13,16H2,1H3. The lowest BCUT2D eigenvalue weighted by molar-refractivity contribution is -0.0571. The molecule has 5 nitrogen and oxygen atoms in total. The van der Waals surface area contributed by atoms with Gasteiger partial charge in [0.15, 0.2) is 0 Å². The fourth-order valence-corrected chi connectivity index (χ4v) is 2.07. The molecule has 1 fully saturated rings. The van der Waals surface area contributed by atoms with Crippen molar-refractivity contribution in [3.8, 4) is 0 Å². The molecule has 0 heterocycles. The minimum absolute atomic E-state index is 0.406. The van der Waals surface area contributed by atoms with Gasteiger partial charge < -0.3 is 24.7 Å². The number of hydrogen-bond donors (Lipinski definition) is 1. The molecule has 0 amide bonds. The third-order valence-electron chi connectivity index (χ3n) is 3.49. The quantitative estimate of drug-likeness (QED) is 0.492. The van der Waals surface area contributed by atoms with Crippen LogP contribution in [-0.2, 0) is 18.9 Å². The van der Waals surface area contributed by atoms with E-state index >= 15 is 0 Å². The van der Waals surface area contributed by atoms with Crippen LogP contribution in [-0.4, -0.2) is 58.9 Å². The predicted octanol–water partition coefficient (Wildman–Crippen LogP) is 1.59. The molecule has 1 saturated carbocycles. The summed E-state index contributed by atoms with van der Waals surface area (Å²) in [6, 6.07) is 0. The van der Waals surface area contributed by atoms with Crippen LogP contribution in [0.25, 0.3) is 0 Å². The summed E-state index contributed by atoms with van der Waals surface area (Å²) in [6.07, 6.45) is 4.92. The van der Waals surface area contributed by atoms with Crippen LogP contribution in [0.1, 0.15) is 32.6 Å². The molecule has 120 valence electrons. The smallest absolute Gasteiger partial charge is 0.0704 e. The summed E-state index contributed by atoms with van der Waals surface area (Å²) in [7, 11) is 0. The molecule has 0 aliphatic heterocycles. The van der Waals surface area contributed by atoms with Crippen molar-refractivity contribution < 1.29 is 18.9 Å². The third kappa shape index (κ3) is 8.87. The second-order valence-electron chi connectivity index (χ2n) is 5.26. The van der Waals surface area contributed by atoms with E-state index in [9.17, 15) is 0 Å². The van der Waals surface area contributed by atoms with Gasteiger partial charge in [0, 0.05) is 6.61 Å². The Morgan fingerprint density at radius 2 is 1.40 bits per heavy atom. The number of unbranched alkanes of at least 4 members (excludes halogenated alkanes) is 1. The Balaban J connectivity index is 1.67. The van der Waals surface area contributed by atoms with E-state index < -0.39 is 0 Å². The molecule has 20 heavy (non-hydrogen) atoms. The molecule has 0 aromatic carbocycles. The molecule has 0 radical (unpaired) electrons. The van der Waals surface area contributed by atoms with Crippen LogP contribution in [0.15, 0.2) is 0 Å². The zero-order valence-corrected chi connectivity index (χ0v) is 12.9. The summed E-state index contributed by atoms with van der Waals surface area (Å²) in [4.78, 5) is 0. The summed E-state index contributed by atoms with van der Waals surface area (Å²) in [5, 5.41) is 0. The van der Waals surface area contributed by atoms with Crippen molar-refractivity contribution in [2.24, 2.45) is 11.7 Å². The summed E-state index contributed by atoms with van der Waals surface area (Å²) >= 11 is 0. The first-order valence-electron chi connectivity index (χ1n) is 7.91. The van der Waals surface area contributed by atoms with Crippen molar-refractivity contribution in [1.29, 1.82) is 0 Å². The largest absolute Gasteiger partial charge is 0.379 e. The van der Waals surface area contributed by atoms with Crippen molar-refractivity contribution in [1.82, 2.24) is 0 Å². The van der Waals surface area contributed by atoms with Crippen LogP contribution in [0, 0.1) is 5.92 Å². The van der Waals surface area contributed by atoms with Crippen LogP contribution in [0.4, 0.5) is 0 Å². The first kappa shape index (κ1) is 17.9. The minimum Gasteiger partial charge on any atom is -0.379 e. The molecular weight excluding hydrogens is 258 g/mol. The maximum absolute atomic E-state index is 5.65. The lowest BCUT2D eigenvalue weighted by atomic mass is 9.82. The number of hydrogen-bond acceptors (Lipinski definition) is 5. The SMILES string of the molecule is CCCCOCCOCCOCCOC1CC(CN)C1. The van der Waals surface area contributed by atoms with E-state index in [1.54, 1.807) is 0 Å². The molecule has 0 aromatic rings. The molecule has 1 aliphatic rings. The van der Waals surface area contributed by atoms with Crippen molar-refractivity contribution in [2.45, 2.75) is 38.7 Å². The van der Waals surface area contributed by atoms with Crippen LogP contribution in [0.2, 0.25) is 0 Å². The minimum atomic E-state index is 0.406. The van der Waals surface area contributed by atoms with Gasteiger partial charge in [0.05, 0.1) is 45.7 Å². The molecule has 0 saturated heterocycles. The number of rotatable bonds is 14. The predicted molar refractivity (Wildman–Crippen MR) is 78.9 cm³/mol. The van der Waals surface area contributed by atoms with Crippen molar-refractivity contribution in [2.75, 3.05) is 52.8 Å². The van der Waals surface area contributed by atoms with Gasteiger partial charge in [-0.3, -0.25) is 0 Å². The Labute approximate surface area is 123 Å². The number of nitrogens with two attached hydrogens (primary N) is 1. The van der Waals surface area contributed by atoms with Crippen molar-refractivity contribution in [3.05, 3.63) is 0 Å². The molecule has 2 N–H and O–H groups in total. The second kappa shape index (κ2) is 12.5. The van der Waals surface area contributed by atoms with E-state index in [0.717, 1.165) is 32.4 Å². The van der Waals surface area contributed by atoms with Gasteiger partial charge in [0.1, 0.15) is 0 Å². The number of ether oxygens (including phenoxy) is 4. The van der Waals surface area contributed by atoms with Crippen LogP contribution >= 0.6 is 0 Å². The van der Waals surface area contributed by atoms with Gasteiger partial charge >= 0.3 is 0 Å². The molecule has 1 aliphatic carbocycles. The van der Waals surface area contributed by atoms with E-state index in [1.807, 2.05) is 0 Å². The highest BCUT2D eigenvalue weighted by Crippen LogP contribution is 2.28. The molecule has 5 heteroatoms. The lowest BCUT2D eigenvalue weighted by Gasteiger charge is -2.34. The van der Waals surface area contributed by atoms with E-state index in [2.05, 4.69) is 6.92 Å². The Kier molecular flexibility index (Phi) is 11.2. The fraction of sp³-hybridized carbons (Fsp3) is 1.00. The van der Waals surface area contributed by atoms with Gasteiger partial charge in [-0.15, -0.1) is 0 Å². The monoisotopic (exact) mass is 289 g/mol. The average Bonchev–Trinajstić information content (AvgIpc) is 2.42. The van der Waals surface area contributed by atoms with Crippen molar-refractivity contribution in [3.63, 3.8) is 0 Å². The Hall–Kier alpha value is -0.200. The Bertz CT molecular complexity index is 210. The summed E-state index contributed by atoms with van der Waals surface area (Å²) in [6.45, 7) is 7.64. The summed E-state index contributed by atoms with van der Waals surface area (Å²) in [5.74, 6) is 0.675. The second-order valence-corrected chi connectivity index (χ2v) is 5.26. The lowest BCUT2D eigenvalue weighted by Crippen LogP contribution is -2.36. The molecule has 0 bridgehead atoms. The van der Waals surface area contributed by atoms with E-state index in [0.29, 0.717) is 51.7 Å². The van der Waals surface area contributed by atoms with Gasteiger partial charge in [-0.25, -0.2) is 0 Å². The fourth-order valence-electron chi connectivity index (χ4n) is 2.07. The zero-order valence-electron chi connectivity index (χ0n) is 12.9. The molecule has 1 rings (SSSR count). The first-order valence-corrected chi connectivity index (χ1v) is 7.91. The van der Waals surface area contributed by atoms with Crippen molar-refractivity contribution >= 4 is 0 Å². The molecule has 0 atom stereocenters. The summed E-state index contributed by atoms with van der Waals surface area (Å²) in [5.41, 5.74) is 5.56. The first-order chi connectivity index (χ1) is 9.86. The highest BCUT2D eigenvalue weighted by atomic mass is 16.6. The topological polar surface area (TPSA) is 62.9 Å². The van der Waals surface area contributed by atoms with Crippen LogP contribution < -0.4 is 5.73 Å². The Morgan fingerprint density at radius 1 is 0.850 bits per heavy atom.